The second-order valence-corrected chi connectivity index (χ2v) is 6.97. The average molecular weight is 359 g/mol. The second-order valence-electron chi connectivity index (χ2n) is 6.97. The lowest BCUT2D eigenvalue weighted by molar-refractivity contribution is 0.283. The Labute approximate surface area is 161 Å². The van der Waals surface area contributed by atoms with Crippen molar-refractivity contribution in [1.82, 2.24) is 5.32 Å². The predicted octanol–water partition coefficient (Wildman–Crippen LogP) is 4.82. The van der Waals surface area contributed by atoms with E-state index in [0.717, 1.165) is 30.0 Å². The van der Waals surface area contributed by atoms with Crippen molar-refractivity contribution < 1.29 is 9.47 Å². The normalized spacial score (nSPS) is 15.9. The predicted molar refractivity (Wildman–Crippen MR) is 108 cm³/mol. The van der Waals surface area contributed by atoms with Crippen LogP contribution in [0.25, 0.3) is 0 Å². The summed E-state index contributed by atoms with van der Waals surface area (Å²) in [6, 6.07) is 23.3. The number of rotatable bonds is 5. The topological polar surface area (TPSA) is 30.5 Å². The summed E-state index contributed by atoms with van der Waals surface area (Å²) < 4.78 is 11.8. The summed E-state index contributed by atoms with van der Waals surface area (Å²) in [6.45, 7) is 3.65. The van der Waals surface area contributed by atoms with E-state index in [-0.39, 0.29) is 6.04 Å². The third-order valence-corrected chi connectivity index (χ3v) is 5.22. The van der Waals surface area contributed by atoms with E-state index in [4.69, 9.17) is 9.47 Å². The third kappa shape index (κ3) is 3.69. The summed E-state index contributed by atoms with van der Waals surface area (Å²) in [5.41, 5.74) is 6.36. The zero-order chi connectivity index (χ0) is 18.6. The van der Waals surface area contributed by atoms with Gasteiger partial charge in [0.05, 0.1) is 13.2 Å². The summed E-state index contributed by atoms with van der Waals surface area (Å²) in [7, 11) is 1.71. The number of methoxy groups -OCH3 is 1. The van der Waals surface area contributed by atoms with Crippen LogP contribution < -0.4 is 14.8 Å². The van der Waals surface area contributed by atoms with E-state index in [1.54, 1.807) is 7.11 Å². The molecule has 1 aliphatic heterocycles. The molecule has 1 aliphatic rings. The van der Waals surface area contributed by atoms with E-state index in [2.05, 4.69) is 60.8 Å². The summed E-state index contributed by atoms with van der Waals surface area (Å²) >= 11 is 0. The fourth-order valence-electron chi connectivity index (χ4n) is 3.76. The first-order valence-corrected chi connectivity index (χ1v) is 9.42. The lowest BCUT2D eigenvalue weighted by Gasteiger charge is -2.29. The molecule has 0 radical (unpaired) electrons. The van der Waals surface area contributed by atoms with Crippen molar-refractivity contribution in [3.05, 3.63) is 94.5 Å². The highest BCUT2D eigenvalue weighted by atomic mass is 16.5. The highest BCUT2D eigenvalue weighted by Crippen LogP contribution is 2.38. The average Bonchev–Trinajstić information content (AvgIpc) is 2.72. The van der Waals surface area contributed by atoms with Gasteiger partial charge < -0.3 is 14.8 Å². The van der Waals surface area contributed by atoms with E-state index in [9.17, 15) is 0 Å². The Morgan fingerprint density at radius 3 is 2.48 bits per heavy atom. The van der Waals surface area contributed by atoms with Gasteiger partial charge in [0.15, 0.2) is 11.5 Å². The van der Waals surface area contributed by atoms with Gasteiger partial charge >= 0.3 is 0 Å². The quantitative estimate of drug-likeness (QED) is 0.709. The molecule has 4 rings (SSSR count). The first kappa shape index (κ1) is 17.6. The maximum absolute atomic E-state index is 6.14. The molecule has 0 aromatic heterocycles. The number of ether oxygens (including phenoxy) is 2. The molecular formula is C24H25NO2. The first-order valence-electron chi connectivity index (χ1n) is 9.42. The van der Waals surface area contributed by atoms with Gasteiger partial charge in [0.1, 0.15) is 6.61 Å². The molecule has 0 saturated carbocycles. The number of benzene rings is 3. The standard InChI is InChI=1S/C24H25NO2/c1-17-8-6-7-11-20(17)24-21-15-23(27-16-18-9-4-3-5-10-18)22(26-2)14-19(21)12-13-25-24/h3-11,14-15,24-25H,12-13,16H2,1-2H3. The molecule has 0 spiro atoms. The Kier molecular flexibility index (Phi) is 5.12. The van der Waals surface area contributed by atoms with Crippen LogP contribution in [0, 0.1) is 6.92 Å². The Morgan fingerprint density at radius 2 is 1.70 bits per heavy atom. The number of hydrogen-bond acceptors (Lipinski definition) is 3. The van der Waals surface area contributed by atoms with Crippen LogP contribution in [0.15, 0.2) is 66.7 Å². The van der Waals surface area contributed by atoms with Crippen LogP contribution in [0.2, 0.25) is 0 Å². The van der Waals surface area contributed by atoms with Gasteiger partial charge in [-0.3, -0.25) is 0 Å². The maximum atomic E-state index is 6.14. The summed E-state index contributed by atoms with van der Waals surface area (Å²) in [5, 5.41) is 3.67. The highest BCUT2D eigenvalue weighted by Gasteiger charge is 2.25. The van der Waals surface area contributed by atoms with Gasteiger partial charge in [0, 0.05) is 6.54 Å². The number of fused-ring (bicyclic) bond motifs is 1. The minimum atomic E-state index is 0.180. The maximum Gasteiger partial charge on any atom is 0.162 e. The lowest BCUT2D eigenvalue weighted by Crippen LogP contribution is -2.31. The Bertz CT molecular complexity index is 921. The molecule has 3 aromatic rings. The van der Waals surface area contributed by atoms with Crippen molar-refractivity contribution in [3.8, 4) is 11.5 Å². The minimum Gasteiger partial charge on any atom is -0.493 e. The molecule has 0 saturated heterocycles. The molecule has 3 nitrogen and oxygen atoms in total. The molecule has 3 aromatic carbocycles. The minimum absolute atomic E-state index is 0.180. The van der Waals surface area contributed by atoms with Crippen LogP contribution in [0.1, 0.15) is 33.9 Å². The van der Waals surface area contributed by atoms with Crippen LogP contribution >= 0.6 is 0 Å². The van der Waals surface area contributed by atoms with Gasteiger partial charge in [0.25, 0.3) is 0 Å². The number of aryl methyl sites for hydroxylation is 1. The molecule has 1 heterocycles. The van der Waals surface area contributed by atoms with Crippen LogP contribution in [0.3, 0.4) is 0 Å². The largest absolute Gasteiger partial charge is 0.493 e. The lowest BCUT2D eigenvalue weighted by atomic mass is 9.87. The van der Waals surface area contributed by atoms with Crippen LogP contribution in [-0.2, 0) is 13.0 Å². The van der Waals surface area contributed by atoms with Gasteiger partial charge in [-0.25, -0.2) is 0 Å². The molecule has 0 bridgehead atoms. The fourth-order valence-corrected chi connectivity index (χ4v) is 3.76. The molecule has 0 amide bonds. The van der Waals surface area contributed by atoms with Gasteiger partial charge in [-0.1, -0.05) is 54.6 Å². The molecule has 1 unspecified atom stereocenters. The van der Waals surface area contributed by atoms with Crippen LogP contribution in [0.4, 0.5) is 0 Å². The fraction of sp³-hybridized carbons (Fsp3) is 0.250. The molecule has 1 N–H and O–H groups in total. The smallest absolute Gasteiger partial charge is 0.162 e. The molecule has 27 heavy (non-hydrogen) atoms. The Balaban J connectivity index is 1.69. The first-order chi connectivity index (χ1) is 13.3. The number of hydrogen-bond donors (Lipinski definition) is 1. The van der Waals surface area contributed by atoms with E-state index >= 15 is 0 Å². The Morgan fingerprint density at radius 1 is 0.926 bits per heavy atom. The van der Waals surface area contributed by atoms with Crippen molar-refractivity contribution in [1.29, 1.82) is 0 Å². The molecule has 1 atom stereocenters. The third-order valence-electron chi connectivity index (χ3n) is 5.22. The molecule has 0 fully saturated rings. The highest BCUT2D eigenvalue weighted by molar-refractivity contribution is 5.52. The monoisotopic (exact) mass is 359 g/mol. The SMILES string of the molecule is COc1cc2c(cc1OCc1ccccc1)C(c1ccccc1C)NCC2. The second kappa shape index (κ2) is 7.85. The van der Waals surface area contributed by atoms with Crippen molar-refractivity contribution >= 4 is 0 Å². The molecule has 3 heteroatoms. The zero-order valence-electron chi connectivity index (χ0n) is 15.9. The van der Waals surface area contributed by atoms with Crippen LogP contribution in [0.5, 0.6) is 11.5 Å². The van der Waals surface area contributed by atoms with E-state index < -0.39 is 0 Å². The van der Waals surface area contributed by atoms with Crippen LogP contribution in [-0.4, -0.2) is 13.7 Å². The van der Waals surface area contributed by atoms with Gasteiger partial charge in [-0.05, 0) is 53.3 Å². The van der Waals surface area contributed by atoms with E-state index in [1.165, 1.54) is 22.3 Å². The molecular weight excluding hydrogens is 334 g/mol. The Hall–Kier alpha value is -2.78. The summed E-state index contributed by atoms with van der Waals surface area (Å²) in [5.74, 6) is 1.59. The summed E-state index contributed by atoms with van der Waals surface area (Å²) in [4.78, 5) is 0. The van der Waals surface area contributed by atoms with Crippen molar-refractivity contribution in [3.63, 3.8) is 0 Å². The summed E-state index contributed by atoms with van der Waals surface area (Å²) in [6.07, 6.45) is 0.993. The van der Waals surface area contributed by atoms with Crippen molar-refractivity contribution in [2.45, 2.75) is 26.0 Å². The van der Waals surface area contributed by atoms with Crippen molar-refractivity contribution in [2.75, 3.05) is 13.7 Å². The van der Waals surface area contributed by atoms with Gasteiger partial charge in [-0.15, -0.1) is 0 Å². The van der Waals surface area contributed by atoms with E-state index in [1.807, 2.05) is 18.2 Å². The van der Waals surface area contributed by atoms with Gasteiger partial charge in [0.2, 0.25) is 0 Å². The molecule has 0 aliphatic carbocycles. The van der Waals surface area contributed by atoms with Crippen molar-refractivity contribution in [2.24, 2.45) is 0 Å². The number of nitrogens with one attached hydrogen (secondary N) is 1. The van der Waals surface area contributed by atoms with E-state index in [0.29, 0.717) is 6.61 Å². The molecule has 138 valence electrons. The zero-order valence-corrected chi connectivity index (χ0v) is 15.9. The van der Waals surface area contributed by atoms with Gasteiger partial charge in [-0.2, -0.15) is 0 Å².